The van der Waals surface area contributed by atoms with Gasteiger partial charge in [0.15, 0.2) is 11.5 Å². The smallest absolute Gasteiger partial charge is 0.167 e. The number of ether oxygens (including phenoxy) is 1. The summed E-state index contributed by atoms with van der Waals surface area (Å²) in [6.07, 6.45) is 9.50. The average molecular weight is 343 g/mol. The van der Waals surface area contributed by atoms with Gasteiger partial charge in [-0.15, -0.1) is 0 Å². The third kappa shape index (κ3) is 2.51. The van der Waals surface area contributed by atoms with E-state index in [0.29, 0.717) is 16.9 Å². The quantitative estimate of drug-likeness (QED) is 0.855. The van der Waals surface area contributed by atoms with Crippen LogP contribution in [0.2, 0.25) is 0 Å². The number of nitrogens with zero attached hydrogens (tertiary/aromatic N) is 5. The van der Waals surface area contributed by atoms with Crippen LogP contribution in [0.15, 0.2) is 12.7 Å². The molecule has 0 bridgehead atoms. The number of likely N-dealkylation sites (tertiary alicyclic amines) is 1. The van der Waals surface area contributed by atoms with Gasteiger partial charge in [0, 0.05) is 18.6 Å². The van der Waals surface area contributed by atoms with Crippen LogP contribution in [0, 0.1) is 0 Å². The molecule has 8 heteroatoms. The molecule has 5 rings (SSSR count). The Morgan fingerprint density at radius 1 is 1.20 bits per heavy atom. The predicted molar refractivity (Wildman–Crippen MR) is 93.9 cm³/mol. The summed E-state index contributed by atoms with van der Waals surface area (Å²) in [5.74, 6) is 0.423. The predicted octanol–water partition coefficient (Wildman–Crippen LogP) is 0.914. The van der Waals surface area contributed by atoms with Crippen molar-refractivity contribution < 1.29 is 4.74 Å². The van der Waals surface area contributed by atoms with E-state index in [2.05, 4.69) is 25.2 Å². The zero-order valence-electron chi connectivity index (χ0n) is 14.4. The van der Waals surface area contributed by atoms with Gasteiger partial charge in [0.2, 0.25) is 0 Å². The highest BCUT2D eigenvalue weighted by Gasteiger charge is 2.46. The Labute approximate surface area is 146 Å². The van der Waals surface area contributed by atoms with Gasteiger partial charge in [0.05, 0.1) is 12.4 Å². The van der Waals surface area contributed by atoms with Gasteiger partial charge in [0.1, 0.15) is 18.1 Å². The molecule has 3 saturated heterocycles. The summed E-state index contributed by atoms with van der Waals surface area (Å²) in [4.78, 5) is 15.4. The summed E-state index contributed by atoms with van der Waals surface area (Å²) in [6.45, 7) is 4.54. The second kappa shape index (κ2) is 5.89. The fourth-order valence-electron chi connectivity index (χ4n) is 4.68. The van der Waals surface area contributed by atoms with E-state index in [-0.39, 0.29) is 12.3 Å². The number of rotatable bonds is 3. The molecule has 5 heterocycles. The third-order valence-electron chi connectivity index (χ3n) is 6.26. The Balaban J connectivity index is 1.27. The van der Waals surface area contributed by atoms with Crippen molar-refractivity contribution >= 4 is 17.0 Å². The molecular weight excluding hydrogens is 318 g/mol. The molecule has 8 nitrogen and oxygen atoms in total. The first-order valence-corrected chi connectivity index (χ1v) is 9.29. The Morgan fingerprint density at radius 3 is 2.88 bits per heavy atom. The number of hydrogen-bond donors (Lipinski definition) is 2. The number of nitrogens with two attached hydrogens (primary N) is 1. The molecule has 0 unspecified atom stereocenters. The maximum absolute atomic E-state index is 6.36. The fraction of sp³-hybridized carbons (Fsp3) is 0.706. The zero-order valence-corrected chi connectivity index (χ0v) is 14.4. The van der Waals surface area contributed by atoms with Gasteiger partial charge < -0.3 is 15.8 Å². The highest BCUT2D eigenvalue weighted by Crippen LogP contribution is 2.40. The van der Waals surface area contributed by atoms with Crippen LogP contribution in [0.3, 0.4) is 0 Å². The lowest BCUT2D eigenvalue weighted by Crippen LogP contribution is -2.64. The van der Waals surface area contributed by atoms with E-state index in [4.69, 9.17) is 10.5 Å². The normalized spacial score (nSPS) is 29.3. The Morgan fingerprint density at radius 2 is 2.08 bits per heavy atom. The van der Waals surface area contributed by atoms with E-state index in [1.165, 1.54) is 32.1 Å². The minimum Gasteiger partial charge on any atom is -0.382 e. The largest absolute Gasteiger partial charge is 0.382 e. The van der Waals surface area contributed by atoms with Gasteiger partial charge in [-0.1, -0.05) is 0 Å². The van der Waals surface area contributed by atoms with Gasteiger partial charge in [-0.2, -0.15) is 0 Å². The molecule has 2 aromatic rings. The number of hydrogen-bond acceptors (Lipinski definition) is 7. The van der Waals surface area contributed by atoms with Crippen molar-refractivity contribution in [2.24, 2.45) is 0 Å². The summed E-state index contributed by atoms with van der Waals surface area (Å²) >= 11 is 0. The maximum Gasteiger partial charge on any atom is 0.167 e. The molecule has 1 spiro atoms. The van der Waals surface area contributed by atoms with Gasteiger partial charge in [-0.05, 0) is 45.2 Å². The molecule has 0 radical (unpaired) electrons. The summed E-state index contributed by atoms with van der Waals surface area (Å²) in [5, 5.41) is 3.48. The molecule has 0 aromatic carbocycles. The molecule has 134 valence electrons. The second-order valence-electron chi connectivity index (χ2n) is 7.54. The second-order valence-corrected chi connectivity index (χ2v) is 7.54. The van der Waals surface area contributed by atoms with Crippen LogP contribution >= 0.6 is 0 Å². The Bertz CT molecular complexity index is 769. The van der Waals surface area contributed by atoms with Crippen LogP contribution < -0.4 is 11.1 Å². The van der Waals surface area contributed by atoms with Gasteiger partial charge >= 0.3 is 0 Å². The number of aromatic nitrogens is 4. The monoisotopic (exact) mass is 343 g/mol. The number of piperidine rings is 1. The molecule has 3 fully saturated rings. The fourth-order valence-corrected chi connectivity index (χ4v) is 4.68. The van der Waals surface area contributed by atoms with E-state index < -0.39 is 0 Å². The average Bonchev–Trinajstić information content (AvgIpc) is 3.27. The van der Waals surface area contributed by atoms with Crippen molar-refractivity contribution in [3.05, 3.63) is 12.7 Å². The molecule has 2 aromatic heterocycles. The SMILES string of the molecule is Nc1ncnc2c1ncn2[C@H]1CC[C@@H](CN2CCC23CCNCC3)O1. The molecule has 0 aliphatic carbocycles. The molecule has 2 atom stereocenters. The van der Waals surface area contributed by atoms with E-state index >= 15 is 0 Å². The molecule has 3 N–H and O–H groups in total. The standard InChI is InChI=1S/C17H25N7O/c18-15-14-16(21-10-20-15)24(11-22-14)13-2-1-12(25-13)9-23-8-5-17(23)3-6-19-7-4-17/h10-13,19H,1-9H2,(H2,18,20,21)/t12-,13+/m0/s1. The third-order valence-corrected chi connectivity index (χ3v) is 6.26. The molecule has 0 amide bonds. The van der Waals surface area contributed by atoms with E-state index in [0.717, 1.165) is 38.1 Å². The number of fused-ring (bicyclic) bond motifs is 1. The molecule has 25 heavy (non-hydrogen) atoms. The minimum atomic E-state index is -0.00505. The summed E-state index contributed by atoms with van der Waals surface area (Å²) in [7, 11) is 0. The lowest BCUT2D eigenvalue weighted by atomic mass is 9.76. The highest BCUT2D eigenvalue weighted by atomic mass is 16.5. The van der Waals surface area contributed by atoms with Crippen LogP contribution in [0.4, 0.5) is 5.82 Å². The number of anilines is 1. The van der Waals surface area contributed by atoms with Gasteiger partial charge in [-0.3, -0.25) is 9.47 Å². The van der Waals surface area contributed by atoms with Crippen LogP contribution in [-0.4, -0.2) is 62.2 Å². The zero-order chi connectivity index (χ0) is 16.9. The maximum atomic E-state index is 6.36. The van der Waals surface area contributed by atoms with Crippen molar-refractivity contribution in [3.63, 3.8) is 0 Å². The molecule has 0 saturated carbocycles. The molecule has 3 aliphatic rings. The van der Waals surface area contributed by atoms with Crippen molar-refractivity contribution in [2.75, 3.05) is 31.9 Å². The summed E-state index contributed by atoms with van der Waals surface area (Å²) < 4.78 is 8.36. The number of imidazole rings is 1. The Kier molecular flexibility index (Phi) is 3.65. The van der Waals surface area contributed by atoms with Crippen LogP contribution in [0.5, 0.6) is 0 Å². The van der Waals surface area contributed by atoms with Crippen molar-refractivity contribution in [1.29, 1.82) is 0 Å². The van der Waals surface area contributed by atoms with Crippen LogP contribution in [-0.2, 0) is 4.74 Å². The highest BCUT2D eigenvalue weighted by molar-refractivity contribution is 5.81. The Hall–Kier alpha value is -1.77. The summed E-state index contributed by atoms with van der Waals surface area (Å²) in [6, 6.07) is 0. The number of nitrogen functional groups attached to an aromatic ring is 1. The lowest BCUT2D eigenvalue weighted by molar-refractivity contribution is -0.0829. The van der Waals surface area contributed by atoms with Crippen molar-refractivity contribution in [2.45, 2.75) is 50.0 Å². The minimum absolute atomic E-state index is 0.00505. The van der Waals surface area contributed by atoms with E-state index in [1.807, 2.05) is 4.57 Å². The van der Waals surface area contributed by atoms with Crippen molar-refractivity contribution in [3.8, 4) is 0 Å². The molecular formula is C17H25N7O. The van der Waals surface area contributed by atoms with Gasteiger partial charge in [0.25, 0.3) is 0 Å². The number of nitrogens with one attached hydrogen (secondary N) is 1. The van der Waals surface area contributed by atoms with E-state index in [9.17, 15) is 0 Å². The lowest BCUT2D eigenvalue weighted by Gasteiger charge is -2.56. The van der Waals surface area contributed by atoms with E-state index in [1.54, 1.807) is 6.33 Å². The van der Waals surface area contributed by atoms with Crippen molar-refractivity contribution in [1.82, 2.24) is 29.7 Å². The first-order chi connectivity index (χ1) is 12.3. The first kappa shape index (κ1) is 15.5. The van der Waals surface area contributed by atoms with Gasteiger partial charge in [-0.25, -0.2) is 15.0 Å². The van der Waals surface area contributed by atoms with Crippen LogP contribution in [0.25, 0.3) is 11.2 Å². The first-order valence-electron chi connectivity index (χ1n) is 9.29. The van der Waals surface area contributed by atoms with Crippen LogP contribution in [0.1, 0.15) is 38.3 Å². The topological polar surface area (TPSA) is 94.1 Å². The molecule has 3 aliphatic heterocycles. The summed E-state index contributed by atoms with van der Waals surface area (Å²) in [5.41, 5.74) is 7.75.